The number of nitrogens with two attached hydrogens (primary N) is 1. The predicted octanol–water partition coefficient (Wildman–Crippen LogP) is -0.277. The molecule has 0 spiro atoms. The van der Waals surface area contributed by atoms with Crippen LogP contribution in [0.4, 0.5) is 0 Å². The van der Waals surface area contributed by atoms with Crippen molar-refractivity contribution in [1.82, 2.24) is 10.4 Å². The molecule has 0 aromatic carbocycles. The highest BCUT2D eigenvalue weighted by atomic mass is 16.5. The lowest BCUT2D eigenvalue weighted by atomic mass is 9.90. The number of amides is 1. The maximum absolute atomic E-state index is 11.4. The first-order valence-electron chi connectivity index (χ1n) is 5.39. The lowest BCUT2D eigenvalue weighted by Crippen LogP contribution is -2.42. The third kappa shape index (κ3) is 4.59. The molecule has 0 aromatic heterocycles. The standard InChI is InChI=1S/C10H21N3O2/c1-13(2)12-10(14)7-9(11)8-3-5-15-6-4-8/h8-9H,3-7,11H2,1-2H3,(H,12,14). The largest absolute Gasteiger partial charge is 0.381 e. The molecule has 1 aliphatic rings. The van der Waals surface area contributed by atoms with Crippen molar-refractivity contribution in [2.24, 2.45) is 11.7 Å². The summed E-state index contributed by atoms with van der Waals surface area (Å²) in [6.07, 6.45) is 2.33. The van der Waals surface area contributed by atoms with Crippen molar-refractivity contribution in [2.45, 2.75) is 25.3 Å². The van der Waals surface area contributed by atoms with Gasteiger partial charge in [-0.05, 0) is 18.8 Å². The number of rotatable bonds is 4. The summed E-state index contributed by atoms with van der Waals surface area (Å²) < 4.78 is 5.26. The fraction of sp³-hybridized carbons (Fsp3) is 0.900. The van der Waals surface area contributed by atoms with E-state index in [1.807, 2.05) is 0 Å². The highest BCUT2D eigenvalue weighted by molar-refractivity contribution is 5.75. The summed E-state index contributed by atoms with van der Waals surface area (Å²) in [6.45, 7) is 1.54. The molecule has 1 fully saturated rings. The quantitative estimate of drug-likeness (QED) is 0.633. The number of carbonyl (C=O) groups is 1. The lowest BCUT2D eigenvalue weighted by molar-refractivity contribution is -0.125. The summed E-state index contributed by atoms with van der Waals surface area (Å²) in [5.74, 6) is 0.408. The summed E-state index contributed by atoms with van der Waals surface area (Å²) in [5.41, 5.74) is 8.69. The van der Waals surface area contributed by atoms with E-state index in [1.165, 1.54) is 0 Å². The van der Waals surface area contributed by atoms with Crippen molar-refractivity contribution < 1.29 is 9.53 Å². The molecule has 0 aliphatic carbocycles. The zero-order valence-electron chi connectivity index (χ0n) is 9.53. The molecule has 0 radical (unpaired) electrons. The van der Waals surface area contributed by atoms with E-state index in [0.717, 1.165) is 26.1 Å². The van der Waals surface area contributed by atoms with Crippen LogP contribution in [0.5, 0.6) is 0 Å². The average Bonchev–Trinajstić information content (AvgIpc) is 2.17. The van der Waals surface area contributed by atoms with E-state index in [9.17, 15) is 4.79 Å². The van der Waals surface area contributed by atoms with Gasteiger partial charge in [-0.2, -0.15) is 0 Å². The van der Waals surface area contributed by atoms with Crippen LogP contribution in [-0.2, 0) is 9.53 Å². The Morgan fingerprint density at radius 3 is 2.67 bits per heavy atom. The zero-order chi connectivity index (χ0) is 11.3. The van der Waals surface area contributed by atoms with Crippen molar-refractivity contribution in [3.05, 3.63) is 0 Å². The predicted molar refractivity (Wildman–Crippen MR) is 58.0 cm³/mol. The van der Waals surface area contributed by atoms with Crippen molar-refractivity contribution >= 4 is 5.91 Å². The van der Waals surface area contributed by atoms with Crippen molar-refractivity contribution in [3.8, 4) is 0 Å². The number of hydrogen-bond donors (Lipinski definition) is 2. The smallest absolute Gasteiger partial charge is 0.235 e. The van der Waals surface area contributed by atoms with Crippen LogP contribution in [0, 0.1) is 5.92 Å². The topological polar surface area (TPSA) is 67.6 Å². The Balaban J connectivity index is 2.27. The Kier molecular flexibility index (Phi) is 5.01. The molecule has 1 unspecified atom stereocenters. The summed E-state index contributed by atoms with van der Waals surface area (Å²) in [7, 11) is 3.58. The van der Waals surface area contributed by atoms with Gasteiger partial charge in [-0.15, -0.1) is 0 Å². The van der Waals surface area contributed by atoms with Gasteiger partial charge in [-0.3, -0.25) is 10.2 Å². The summed E-state index contributed by atoms with van der Waals surface area (Å²) in [6, 6.07) is -0.0474. The van der Waals surface area contributed by atoms with E-state index in [1.54, 1.807) is 19.1 Å². The van der Waals surface area contributed by atoms with Gasteiger partial charge in [0.2, 0.25) is 5.91 Å². The molecule has 0 saturated carbocycles. The SMILES string of the molecule is CN(C)NC(=O)CC(N)C1CCOCC1. The first-order valence-corrected chi connectivity index (χ1v) is 5.39. The average molecular weight is 215 g/mol. The monoisotopic (exact) mass is 215 g/mol. The molecule has 0 aromatic rings. The summed E-state index contributed by atoms with van der Waals surface area (Å²) in [4.78, 5) is 11.4. The van der Waals surface area contributed by atoms with Crippen LogP contribution in [-0.4, -0.2) is 44.3 Å². The Bertz CT molecular complexity index is 203. The third-order valence-electron chi connectivity index (χ3n) is 2.64. The molecular formula is C10H21N3O2. The first-order chi connectivity index (χ1) is 7.09. The molecule has 1 heterocycles. The van der Waals surface area contributed by atoms with Gasteiger partial charge in [0.1, 0.15) is 0 Å². The third-order valence-corrected chi connectivity index (χ3v) is 2.64. The first kappa shape index (κ1) is 12.4. The lowest BCUT2D eigenvalue weighted by Gasteiger charge is -2.27. The van der Waals surface area contributed by atoms with Gasteiger partial charge in [0.25, 0.3) is 0 Å². The maximum Gasteiger partial charge on any atom is 0.235 e. The molecule has 5 nitrogen and oxygen atoms in total. The van der Waals surface area contributed by atoms with E-state index in [0.29, 0.717) is 12.3 Å². The molecule has 1 aliphatic heterocycles. The molecule has 1 rings (SSSR count). The van der Waals surface area contributed by atoms with Gasteiger partial charge < -0.3 is 10.5 Å². The molecule has 3 N–H and O–H groups in total. The molecule has 1 amide bonds. The minimum absolute atomic E-state index is 0.0148. The highest BCUT2D eigenvalue weighted by Crippen LogP contribution is 2.19. The number of hydrogen-bond acceptors (Lipinski definition) is 4. The van der Waals surface area contributed by atoms with Crippen molar-refractivity contribution in [2.75, 3.05) is 27.3 Å². The van der Waals surface area contributed by atoms with E-state index in [-0.39, 0.29) is 11.9 Å². The minimum Gasteiger partial charge on any atom is -0.381 e. The van der Waals surface area contributed by atoms with Gasteiger partial charge in [-0.1, -0.05) is 0 Å². The summed E-state index contributed by atoms with van der Waals surface area (Å²) in [5, 5.41) is 1.64. The number of ether oxygens (including phenoxy) is 1. The van der Waals surface area contributed by atoms with Crippen LogP contribution in [0.3, 0.4) is 0 Å². The highest BCUT2D eigenvalue weighted by Gasteiger charge is 2.22. The summed E-state index contributed by atoms with van der Waals surface area (Å²) >= 11 is 0. The van der Waals surface area contributed by atoms with Crippen molar-refractivity contribution in [1.29, 1.82) is 0 Å². The second-order valence-corrected chi connectivity index (χ2v) is 4.25. The van der Waals surface area contributed by atoms with E-state index < -0.39 is 0 Å². The number of carbonyl (C=O) groups excluding carboxylic acids is 1. The molecule has 88 valence electrons. The van der Waals surface area contributed by atoms with E-state index >= 15 is 0 Å². The van der Waals surface area contributed by atoms with Gasteiger partial charge in [0.15, 0.2) is 0 Å². The van der Waals surface area contributed by atoms with Gasteiger partial charge >= 0.3 is 0 Å². The number of hydrazine groups is 1. The van der Waals surface area contributed by atoms with Crippen LogP contribution in [0.25, 0.3) is 0 Å². The van der Waals surface area contributed by atoms with Crippen molar-refractivity contribution in [3.63, 3.8) is 0 Å². The van der Waals surface area contributed by atoms with E-state index in [4.69, 9.17) is 10.5 Å². The number of nitrogens with zero attached hydrogens (tertiary/aromatic N) is 1. The fourth-order valence-corrected chi connectivity index (χ4v) is 1.82. The Labute approximate surface area is 90.9 Å². The number of nitrogens with one attached hydrogen (secondary N) is 1. The van der Waals surface area contributed by atoms with Crippen LogP contribution in [0.15, 0.2) is 0 Å². The molecule has 15 heavy (non-hydrogen) atoms. The Morgan fingerprint density at radius 2 is 2.13 bits per heavy atom. The molecule has 1 saturated heterocycles. The second kappa shape index (κ2) is 6.05. The van der Waals surface area contributed by atoms with Gasteiger partial charge in [0.05, 0.1) is 0 Å². The molecule has 1 atom stereocenters. The van der Waals surface area contributed by atoms with Gasteiger partial charge in [-0.25, -0.2) is 5.01 Å². The minimum atomic E-state index is -0.0474. The normalized spacial score (nSPS) is 20.3. The Morgan fingerprint density at radius 1 is 1.53 bits per heavy atom. The van der Waals surface area contributed by atoms with Crippen LogP contribution < -0.4 is 11.2 Å². The van der Waals surface area contributed by atoms with Crippen LogP contribution >= 0.6 is 0 Å². The van der Waals surface area contributed by atoms with Gasteiger partial charge in [0, 0.05) is 39.8 Å². The van der Waals surface area contributed by atoms with Crippen LogP contribution in [0.1, 0.15) is 19.3 Å². The molecular weight excluding hydrogens is 194 g/mol. The van der Waals surface area contributed by atoms with Crippen LogP contribution in [0.2, 0.25) is 0 Å². The zero-order valence-corrected chi connectivity index (χ0v) is 9.53. The Hall–Kier alpha value is -0.650. The maximum atomic E-state index is 11.4. The fourth-order valence-electron chi connectivity index (χ4n) is 1.82. The van der Waals surface area contributed by atoms with E-state index in [2.05, 4.69) is 5.43 Å². The second-order valence-electron chi connectivity index (χ2n) is 4.25. The molecule has 5 heteroatoms. The molecule has 0 bridgehead atoms.